The van der Waals surface area contributed by atoms with E-state index in [2.05, 4.69) is 29.2 Å². The molecule has 1 aliphatic rings. The van der Waals surface area contributed by atoms with Crippen LogP contribution in [0.1, 0.15) is 30.4 Å². The molecule has 1 saturated heterocycles. The molecule has 0 saturated carbocycles. The van der Waals surface area contributed by atoms with E-state index >= 15 is 0 Å². The Morgan fingerprint density at radius 2 is 1.70 bits per heavy atom. The average Bonchev–Trinajstić information content (AvgIpc) is 3.36. The quantitative estimate of drug-likeness (QED) is 0.276. The van der Waals surface area contributed by atoms with Gasteiger partial charge < -0.3 is 9.47 Å². The molecule has 2 heterocycles. The van der Waals surface area contributed by atoms with Crippen molar-refractivity contribution in [3.05, 3.63) is 90.0 Å². The molecule has 1 aromatic heterocycles. The number of rotatable bonds is 10. The van der Waals surface area contributed by atoms with E-state index in [4.69, 9.17) is 14.5 Å². The minimum Gasteiger partial charge on any atom is -0.494 e. The van der Waals surface area contributed by atoms with Gasteiger partial charge in [0.2, 0.25) is 5.91 Å². The Morgan fingerprint density at radius 3 is 2.35 bits per heavy atom. The first kappa shape index (κ1) is 25.4. The summed E-state index contributed by atoms with van der Waals surface area (Å²) < 4.78 is 12.2. The topological polar surface area (TPSA) is 54.9 Å². The number of fused-ring (bicyclic) bond motifs is 1. The van der Waals surface area contributed by atoms with Gasteiger partial charge in [-0.2, -0.15) is 0 Å². The van der Waals surface area contributed by atoms with E-state index in [9.17, 15) is 4.79 Å². The number of thiazole rings is 1. The molecule has 3 aromatic carbocycles. The largest absolute Gasteiger partial charge is 0.494 e. The number of carbonyl (C=O) groups is 1. The van der Waals surface area contributed by atoms with E-state index < -0.39 is 0 Å². The Bertz CT molecular complexity index is 1250. The minimum absolute atomic E-state index is 0.0280. The van der Waals surface area contributed by atoms with Crippen LogP contribution in [-0.2, 0) is 9.53 Å². The molecular formula is C30H33N3O3S. The van der Waals surface area contributed by atoms with Gasteiger partial charge in [0.1, 0.15) is 5.75 Å². The van der Waals surface area contributed by atoms with Crippen molar-refractivity contribution in [1.82, 2.24) is 9.88 Å². The molecule has 5 rings (SSSR count). The van der Waals surface area contributed by atoms with Crippen LogP contribution in [0.5, 0.6) is 5.75 Å². The lowest BCUT2D eigenvalue weighted by Crippen LogP contribution is -2.43. The van der Waals surface area contributed by atoms with Gasteiger partial charge in [-0.05, 0) is 36.2 Å². The third-order valence-corrected chi connectivity index (χ3v) is 7.76. The third kappa shape index (κ3) is 6.36. The van der Waals surface area contributed by atoms with Gasteiger partial charge >= 0.3 is 0 Å². The van der Waals surface area contributed by atoms with E-state index in [1.807, 2.05) is 66.4 Å². The molecule has 0 bridgehead atoms. The summed E-state index contributed by atoms with van der Waals surface area (Å²) in [5, 5.41) is 0.738. The molecule has 1 aliphatic heterocycles. The maximum Gasteiger partial charge on any atom is 0.229 e. The van der Waals surface area contributed by atoms with Crippen molar-refractivity contribution in [3.63, 3.8) is 0 Å². The summed E-state index contributed by atoms with van der Waals surface area (Å²) in [5.74, 6) is 0.874. The summed E-state index contributed by atoms with van der Waals surface area (Å²) in [5.41, 5.74) is 3.16. The molecule has 0 radical (unpaired) electrons. The summed E-state index contributed by atoms with van der Waals surface area (Å²) in [4.78, 5) is 23.2. The maximum absolute atomic E-state index is 14.0. The smallest absolute Gasteiger partial charge is 0.229 e. The zero-order valence-corrected chi connectivity index (χ0v) is 22.0. The van der Waals surface area contributed by atoms with Crippen LogP contribution in [0.4, 0.5) is 5.13 Å². The number of carbonyl (C=O) groups excluding carboxylic acids is 1. The first-order valence-electron chi connectivity index (χ1n) is 12.9. The fraction of sp³-hybridized carbons (Fsp3) is 0.333. The molecular weight excluding hydrogens is 482 g/mol. The molecule has 0 atom stereocenters. The second kappa shape index (κ2) is 12.3. The normalized spacial score (nSPS) is 14.2. The van der Waals surface area contributed by atoms with Gasteiger partial charge in [-0.15, -0.1) is 0 Å². The Labute approximate surface area is 222 Å². The Balaban J connectivity index is 1.44. The van der Waals surface area contributed by atoms with Gasteiger partial charge in [0.05, 0.1) is 30.0 Å². The van der Waals surface area contributed by atoms with Crippen LogP contribution in [0.3, 0.4) is 0 Å². The highest BCUT2D eigenvalue weighted by Crippen LogP contribution is 2.34. The second-order valence-electron chi connectivity index (χ2n) is 9.14. The summed E-state index contributed by atoms with van der Waals surface area (Å²) in [6, 6.07) is 26.5. The van der Waals surface area contributed by atoms with Crippen LogP contribution in [0.2, 0.25) is 0 Å². The van der Waals surface area contributed by atoms with E-state index in [-0.39, 0.29) is 11.8 Å². The highest BCUT2D eigenvalue weighted by Gasteiger charge is 2.26. The predicted octanol–water partition coefficient (Wildman–Crippen LogP) is 5.58. The van der Waals surface area contributed by atoms with Crippen molar-refractivity contribution in [2.75, 3.05) is 50.9 Å². The van der Waals surface area contributed by atoms with Crippen molar-refractivity contribution in [2.24, 2.45) is 0 Å². The van der Waals surface area contributed by atoms with Crippen LogP contribution < -0.4 is 9.64 Å². The molecule has 1 amide bonds. The van der Waals surface area contributed by atoms with Gasteiger partial charge in [-0.1, -0.05) is 72.0 Å². The number of ether oxygens (including phenoxy) is 2. The Morgan fingerprint density at radius 1 is 1.03 bits per heavy atom. The van der Waals surface area contributed by atoms with Gasteiger partial charge in [0, 0.05) is 38.5 Å². The summed E-state index contributed by atoms with van der Waals surface area (Å²) in [6.45, 7) is 7.21. The second-order valence-corrected chi connectivity index (χ2v) is 10.1. The predicted molar refractivity (Wildman–Crippen MR) is 150 cm³/mol. The number of aromatic nitrogens is 1. The van der Waals surface area contributed by atoms with Gasteiger partial charge in [-0.25, -0.2) is 4.98 Å². The number of anilines is 1. The monoisotopic (exact) mass is 515 g/mol. The maximum atomic E-state index is 14.0. The molecule has 0 spiro atoms. The number of morpholine rings is 1. The van der Waals surface area contributed by atoms with Crippen LogP contribution in [-0.4, -0.2) is 61.8 Å². The van der Waals surface area contributed by atoms with Crippen molar-refractivity contribution in [2.45, 2.75) is 19.3 Å². The first-order valence-corrected chi connectivity index (χ1v) is 13.8. The number of amides is 1. The lowest BCUT2D eigenvalue weighted by Gasteiger charge is -2.30. The molecule has 4 aromatic rings. The van der Waals surface area contributed by atoms with Gasteiger partial charge in [0.15, 0.2) is 5.13 Å². The van der Waals surface area contributed by atoms with Crippen molar-refractivity contribution >= 4 is 32.6 Å². The Kier molecular flexibility index (Phi) is 8.46. The molecule has 7 heteroatoms. The number of nitrogens with zero attached hydrogens (tertiary/aromatic N) is 3. The molecule has 0 aliphatic carbocycles. The minimum atomic E-state index is -0.0280. The number of hydrogen-bond acceptors (Lipinski definition) is 6. The Hall–Kier alpha value is -3.26. The van der Waals surface area contributed by atoms with Crippen LogP contribution in [0, 0.1) is 0 Å². The zero-order chi connectivity index (χ0) is 25.5. The molecule has 192 valence electrons. The molecule has 6 nitrogen and oxygen atoms in total. The first-order chi connectivity index (χ1) is 18.2. The van der Waals surface area contributed by atoms with Crippen LogP contribution in [0.15, 0.2) is 78.9 Å². The fourth-order valence-corrected chi connectivity index (χ4v) is 5.78. The molecule has 37 heavy (non-hydrogen) atoms. The van der Waals surface area contributed by atoms with Gasteiger partial charge in [-0.3, -0.25) is 14.6 Å². The van der Waals surface area contributed by atoms with Crippen molar-refractivity contribution < 1.29 is 14.3 Å². The summed E-state index contributed by atoms with van der Waals surface area (Å²) >= 11 is 1.55. The third-order valence-electron chi connectivity index (χ3n) is 6.72. The van der Waals surface area contributed by atoms with E-state index in [1.54, 1.807) is 11.3 Å². The zero-order valence-electron chi connectivity index (χ0n) is 21.2. The van der Waals surface area contributed by atoms with Gasteiger partial charge in [0.25, 0.3) is 0 Å². The fourth-order valence-electron chi connectivity index (χ4n) is 4.74. The van der Waals surface area contributed by atoms with Crippen molar-refractivity contribution in [3.8, 4) is 5.75 Å². The highest BCUT2D eigenvalue weighted by molar-refractivity contribution is 7.22. The van der Waals surface area contributed by atoms with Crippen LogP contribution in [0.25, 0.3) is 10.2 Å². The van der Waals surface area contributed by atoms with E-state index in [1.165, 1.54) is 0 Å². The SMILES string of the molecule is CCOc1ccc2nc(N(CCN3CCOCC3)C(=O)CC(c3ccccc3)c3ccccc3)sc2c1. The molecule has 1 fully saturated rings. The summed E-state index contributed by atoms with van der Waals surface area (Å²) in [6.07, 6.45) is 0.372. The average molecular weight is 516 g/mol. The molecule has 0 unspecified atom stereocenters. The van der Waals surface area contributed by atoms with Crippen molar-refractivity contribution in [1.29, 1.82) is 0 Å². The highest BCUT2D eigenvalue weighted by atomic mass is 32.1. The molecule has 0 N–H and O–H groups in total. The number of hydrogen-bond donors (Lipinski definition) is 0. The lowest BCUT2D eigenvalue weighted by molar-refractivity contribution is -0.118. The van der Waals surface area contributed by atoms with E-state index in [0.29, 0.717) is 19.6 Å². The lowest BCUT2D eigenvalue weighted by atomic mass is 9.88. The van der Waals surface area contributed by atoms with Crippen LogP contribution >= 0.6 is 11.3 Å². The number of benzene rings is 3. The summed E-state index contributed by atoms with van der Waals surface area (Å²) in [7, 11) is 0. The van der Waals surface area contributed by atoms with E-state index in [0.717, 1.165) is 65.1 Å². The standard InChI is InChI=1S/C30H33N3O3S/c1-2-36-25-13-14-27-28(21-25)37-30(31-27)33(16-15-32-17-19-35-20-18-32)29(34)22-26(23-9-5-3-6-10-23)24-11-7-4-8-12-24/h3-14,21,26H,2,15-20,22H2,1H3.